The molecule has 3 aromatic rings. The van der Waals surface area contributed by atoms with Crippen LogP contribution in [0.25, 0.3) is 10.9 Å². The Morgan fingerprint density at radius 1 is 1.21 bits per heavy atom. The van der Waals surface area contributed by atoms with Crippen LogP contribution >= 0.6 is 0 Å². The monoisotopic (exact) mass is 329 g/mol. The van der Waals surface area contributed by atoms with Crippen molar-refractivity contribution >= 4 is 16.7 Å². The lowest BCUT2D eigenvalue weighted by Gasteiger charge is -2.12. The highest BCUT2D eigenvalue weighted by molar-refractivity contribution is 5.90. The van der Waals surface area contributed by atoms with Gasteiger partial charge in [0.25, 0.3) is 0 Å². The molecule has 8 nitrogen and oxygen atoms in total. The molecule has 0 saturated heterocycles. The number of pyridine rings is 1. The lowest BCUT2D eigenvalue weighted by molar-refractivity contribution is 0.397. The molecule has 0 radical (unpaired) electrons. The number of nitrogens with one attached hydrogen (secondary N) is 3. The molecule has 0 atom stereocenters. The molecule has 1 aromatic carbocycles. The average molecular weight is 329 g/mol. The van der Waals surface area contributed by atoms with Crippen molar-refractivity contribution in [2.24, 2.45) is 0 Å². The van der Waals surface area contributed by atoms with E-state index in [0.29, 0.717) is 24.5 Å². The molecule has 3 N–H and O–H groups in total. The number of H-pyrrole nitrogens is 2. The molecule has 2 heterocycles. The maximum Gasteiger partial charge on any atom is 0.340 e. The van der Waals surface area contributed by atoms with Gasteiger partial charge in [0.15, 0.2) is 0 Å². The van der Waals surface area contributed by atoms with Gasteiger partial charge in [-0.15, -0.1) is 0 Å². The van der Waals surface area contributed by atoms with E-state index in [0.717, 1.165) is 28.0 Å². The molecule has 0 unspecified atom stereocenters. The Morgan fingerprint density at radius 2 is 2.04 bits per heavy atom. The molecule has 0 bridgehead atoms. The van der Waals surface area contributed by atoms with Crippen molar-refractivity contribution in [3.05, 3.63) is 40.1 Å². The molecule has 2 aromatic heterocycles. The van der Waals surface area contributed by atoms with Crippen LogP contribution in [-0.4, -0.2) is 40.9 Å². The number of aromatic amines is 2. The van der Waals surface area contributed by atoms with Gasteiger partial charge in [-0.1, -0.05) is 0 Å². The van der Waals surface area contributed by atoms with E-state index in [2.05, 4.69) is 25.5 Å². The molecule has 0 saturated carbocycles. The van der Waals surface area contributed by atoms with Gasteiger partial charge in [-0.05, 0) is 24.6 Å². The minimum Gasteiger partial charge on any atom is -0.497 e. The van der Waals surface area contributed by atoms with Crippen molar-refractivity contribution in [2.75, 3.05) is 26.1 Å². The first-order chi connectivity index (χ1) is 11.6. The first kappa shape index (κ1) is 15.9. The lowest BCUT2D eigenvalue weighted by Crippen LogP contribution is -2.09. The average Bonchev–Trinajstić information content (AvgIpc) is 2.99. The molecule has 0 fully saturated rings. The first-order valence-electron chi connectivity index (χ1n) is 7.51. The maximum atomic E-state index is 11.0. The van der Waals surface area contributed by atoms with Crippen molar-refractivity contribution in [1.29, 1.82) is 0 Å². The first-order valence-corrected chi connectivity index (χ1v) is 7.51. The Balaban J connectivity index is 1.85. The van der Waals surface area contributed by atoms with Gasteiger partial charge < -0.3 is 14.8 Å². The third-order valence-corrected chi connectivity index (χ3v) is 3.73. The summed E-state index contributed by atoms with van der Waals surface area (Å²) in [6.45, 7) is 2.61. The Morgan fingerprint density at radius 3 is 2.71 bits per heavy atom. The number of ether oxygens (including phenoxy) is 2. The normalized spacial score (nSPS) is 10.8. The summed E-state index contributed by atoms with van der Waals surface area (Å²) in [4.78, 5) is 18.3. The number of methoxy groups -OCH3 is 2. The summed E-state index contributed by atoms with van der Waals surface area (Å²) in [5.74, 6) is 2.73. The van der Waals surface area contributed by atoms with Crippen molar-refractivity contribution in [2.45, 2.75) is 13.3 Å². The zero-order valence-corrected chi connectivity index (χ0v) is 13.8. The quantitative estimate of drug-likeness (QED) is 0.635. The van der Waals surface area contributed by atoms with E-state index in [4.69, 9.17) is 9.47 Å². The van der Waals surface area contributed by atoms with Crippen LogP contribution in [0.5, 0.6) is 11.5 Å². The van der Waals surface area contributed by atoms with Crippen molar-refractivity contribution in [3.63, 3.8) is 0 Å². The summed E-state index contributed by atoms with van der Waals surface area (Å²) in [6.07, 6.45) is 0.581. The highest BCUT2D eigenvalue weighted by Gasteiger charge is 2.11. The summed E-state index contributed by atoms with van der Waals surface area (Å²) < 4.78 is 10.7. The van der Waals surface area contributed by atoms with E-state index in [-0.39, 0.29) is 5.69 Å². The molecule has 0 aliphatic heterocycles. The maximum absolute atomic E-state index is 11.0. The molecular weight excluding hydrogens is 310 g/mol. The standard InChI is InChI=1S/C16H19N5O3/c1-9-6-14(17-5-4-13-19-16(22)21-20-13)18-15-11(9)7-10(23-2)8-12(15)24-3/h6-8H,4-5H2,1-3H3,(H,17,18)(H2,19,20,21,22). The third kappa shape index (κ3) is 3.17. The van der Waals surface area contributed by atoms with E-state index in [1.165, 1.54) is 0 Å². The summed E-state index contributed by atoms with van der Waals surface area (Å²) in [5.41, 5.74) is 1.53. The predicted molar refractivity (Wildman–Crippen MR) is 91.0 cm³/mol. The predicted octanol–water partition coefficient (Wildman–Crippen LogP) is 1.63. The number of benzene rings is 1. The number of nitrogens with zero attached hydrogens (tertiary/aromatic N) is 2. The van der Waals surface area contributed by atoms with Crippen LogP contribution in [0.3, 0.4) is 0 Å². The van der Waals surface area contributed by atoms with Crippen LogP contribution in [0.4, 0.5) is 5.82 Å². The minimum absolute atomic E-state index is 0.302. The summed E-state index contributed by atoms with van der Waals surface area (Å²) >= 11 is 0. The molecule has 8 heteroatoms. The lowest BCUT2D eigenvalue weighted by atomic mass is 10.1. The zero-order chi connectivity index (χ0) is 17.1. The highest BCUT2D eigenvalue weighted by Crippen LogP contribution is 2.32. The minimum atomic E-state index is -0.302. The SMILES string of the molecule is COc1cc(OC)c2nc(NCCc3n[nH]c(=O)[nH]3)cc(C)c2c1. The van der Waals surface area contributed by atoms with Gasteiger partial charge in [0.1, 0.15) is 28.7 Å². The van der Waals surface area contributed by atoms with Crippen LogP contribution in [0.1, 0.15) is 11.4 Å². The largest absolute Gasteiger partial charge is 0.497 e. The fourth-order valence-electron chi connectivity index (χ4n) is 2.53. The van der Waals surface area contributed by atoms with Gasteiger partial charge in [-0.25, -0.2) is 14.9 Å². The zero-order valence-electron chi connectivity index (χ0n) is 13.8. The molecule has 3 rings (SSSR count). The fraction of sp³-hybridized carbons (Fsp3) is 0.312. The van der Waals surface area contributed by atoms with Crippen molar-refractivity contribution in [1.82, 2.24) is 20.2 Å². The highest BCUT2D eigenvalue weighted by atomic mass is 16.5. The van der Waals surface area contributed by atoms with Crippen LogP contribution in [0.2, 0.25) is 0 Å². The number of hydrogen-bond donors (Lipinski definition) is 3. The van der Waals surface area contributed by atoms with Gasteiger partial charge >= 0.3 is 5.69 Å². The molecule has 0 aliphatic carbocycles. The summed E-state index contributed by atoms with van der Waals surface area (Å²) in [7, 11) is 3.23. The third-order valence-electron chi connectivity index (χ3n) is 3.73. The number of aromatic nitrogens is 4. The van der Waals surface area contributed by atoms with E-state index in [1.54, 1.807) is 14.2 Å². The number of fused-ring (bicyclic) bond motifs is 1. The Hall–Kier alpha value is -3.03. The van der Waals surface area contributed by atoms with E-state index in [1.807, 2.05) is 25.1 Å². The summed E-state index contributed by atoms with van der Waals surface area (Å²) in [5, 5.41) is 10.4. The van der Waals surface area contributed by atoms with E-state index >= 15 is 0 Å². The van der Waals surface area contributed by atoms with Crippen LogP contribution < -0.4 is 20.5 Å². The topological polar surface area (TPSA) is 105 Å². The number of rotatable bonds is 6. The van der Waals surface area contributed by atoms with Crippen LogP contribution in [-0.2, 0) is 6.42 Å². The number of aryl methyl sites for hydroxylation is 1. The molecule has 0 spiro atoms. The molecule has 24 heavy (non-hydrogen) atoms. The van der Waals surface area contributed by atoms with Gasteiger partial charge in [0.05, 0.1) is 14.2 Å². The number of anilines is 1. The van der Waals surface area contributed by atoms with Gasteiger partial charge in [-0.2, -0.15) is 5.10 Å². The smallest absolute Gasteiger partial charge is 0.340 e. The van der Waals surface area contributed by atoms with Gasteiger partial charge in [0, 0.05) is 24.4 Å². The van der Waals surface area contributed by atoms with Gasteiger partial charge in [-0.3, -0.25) is 4.98 Å². The van der Waals surface area contributed by atoms with E-state index < -0.39 is 0 Å². The van der Waals surface area contributed by atoms with Gasteiger partial charge in [0.2, 0.25) is 0 Å². The van der Waals surface area contributed by atoms with Crippen LogP contribution in [0.15, 0.2) is 23.0 Å². The van der Waals surface area contributed by atoms with Crippen molar-refractivity contribution < 1.29 is 9.47 Å². The van der Waals surface area contributed by atoms with E-state index in [9.17, 15) is 4.79 Å². The fourth-order valence-corrected chi connectivity index (χ4v) is 2.53. The second-order valence-electron chi connectivity index (χ2n) is 5.35. The summed E-state index contributed by atoms with van der Waals surface area (Å²) in [6, 6.07) is 5.72. The number of hydrogen-bond acceptors (Lipinski definition) is 6. The molecular formula is C16H19N5O3. The molecule has 126 valence electrons. The Labute approximate surface area is 138 Å². The molecule has 0 aliphatic rings. The van der Waals surface area contributed by atoms with Crippen molar-refractivity contribution in [3.8, 4) is 11.5 Å². The Kier molecular flexibility index (Phi) is 4.37. The second kappa shape index (κ2) is 6.61. The van der Waals surface area contributed by atoms with Crippen LogP contribution in [0, 0.1) is 6.92 Å². The Bertz CT molecular complexity index is 916. The molecule has 0 amide bonds. The second-order valence-corrected chi connectivity index (χ2v) is 5.35.